The maximum atomic E-state index is 4.57. The molecule has 96 valence electrons. The SMILES string of the molecule is CCn1cc(C)nc1NC1CCN(C)CC1C. The van der Waals surface area contributed by atoms with Crippen molar-refractivity contribution < 1.29 is 0 Å². The minimum Gasteiger partial charge on any atom is -0.353 e. The lowest BCUT2D eigenvalue weighted by Crippen LogP contribution is -2.43. The zero-order chi connectivity index (χ0) is 12.4. The first-order valence-corrected chi connectivity index (χ1v) is 6.59. The van der Waals surface area contributed by atoms with E-state index in [2.05, 4.69) is 53.8 Å². The summed E-state index contributed by atoms with van der Waals surface area (Å²) in [6.45, 7) is 9.85. The number of rotatable bonds is 3. The van der Waals surface area contributed by atoms with Gasteiger partial charge in [0.05, 0.1) is 5.69 Å². The third kappa shape index (κ3) is 2.80. The lowest BCUT2D eigenvalue weighted by Gasteiger charge is -2.35. The molecule has 2 unspecified atom stereocenters. The molecule has 17 heavy (non-hydrogen) atoms. The van der Waals surface area contributed by atoms with E-state index in [1.165, 1.54) is 19.5 Å². The summed E-state index contributed by atoms with van der Waals surface area (Å²) in [4.78, 5) is 6.97. The van der Waals surface area contributed by atoms with Crippen molar-refractivity contribution in [2.45, 2.75) is 39.8 Å². The molecular weight excluding hydrogens is 212 g/mol. The fourth-order valence-corrected chi connectivity index (χ4v) is 2.64. The van der Waals surface area contributed by atoms with Gasteiger partial charge in [0.2, 0.25) is 5.95 Å². The van der Waals surface area contributed by atoms with Crippen LogP contribution in [0.5, 0.6) is 0 Å². The first-order chi connectivity index (χ1) is 8.10. The van der Waals surface area contributed by atoms with E-state index in [9.17, 15) is 0 Å². The second kappa shape index (κ2) is 5.08. The molecule has 0 aliphatic carbocycles. The lowest BCUT2D eigenvalue weighted by molar-refractivity contribution is 0.205. The highest BCUT2D eigenvalue weighted by Crippen LogP contribution is 2.20. The van der Waals surface area contributed by atoms with Crippen LogP contribution in [-0.4, -0.2) is 40.6 Å². The summed E-state index contributed by atoms with van der Waals surface area (Å²) in [6, 6.07) is 0.554. The molecule has 1 aliphatic rings. The lowest BCUT2D eigenvalue weighted by atomic mass is 9.94. The summed E-state index contributed by atoms with van der Waals surface area (Å²) < 4.78 is 2.19. The van der Waals surface area contributed by atoms with Gasteiger partial charge in [-0.1, -0.05) is 6.92 Å². The van der Waals surface area contributed by atoms with E-state index in [4.69, 9.17) is 0 Å². The normalized spacial score (nSPS) is 26.1. The highest BCUT2D eigenvalue weighted by atomic mass is 15.2. The molecule has 2 rings (SSSR count). The Morgan fingerprint density at radius 2 is 2.29 bits per heavy atom. The van der Waals surface area contributed by atoms with Gasteiger partial charge >= 0.3 is 0 Å². The molecule has 1 N–H and O–H groups in total. The number of piperidine rings is 1. The minimum atomic E-state index is 0.554. The Bertz CT molecular complexity index is 371. The summed E-state index contributed by atoms with van der Waals surface area (Å²) >= 11 is 0. The van der Waals surface area contributed by atoms with Gasteiger partial charge in [-0.25, -0.2) is 4.98 Å². The van der Waals surface area contributed by atoms with Crippen LogP contribution in [0.1, 0.15) is 26.0 Å². The monoisotopic (exact) mass is 236 g/mol. The van der Waals surface area contributed by atoms with Crippen LogP contribution in [0.3, 0.4) is 0 Å². The third-order valence-electron chi connectivity index (χ3n) is 3.66. The maximum Gasteiger partial charge on any atom is 0.203 e. The van der Waals surface area contributed by atoms with E-state index >= 15 is 0 Å². The Balaban J connectivity index is 2.04. The molecule has 1 fully saturated rings. The van der Waals surface area contributed by atoms with Gasteiger partial charge in [-0.2, -0.15) is 0 Å². The average Bonchev–Trinajstić information content (AvgIpc) is 2.63. The quantitative estimate of drug-likeness (QED) is 0.871. The minimum absolute atomic E-state index is 0.554. The van der Waals surface area contributed by atoms with Crippen molar-refractivity contribution in [3.8, 4) is 0 Å². The van der Waals surface area contributed by atoms with Gasteiger partial charge in [0.15, 0.2) is 0 Å². The Morgan fingerprint density at radius 3 is 2.94 bits per heavy atom. The van der Waals surface area contributed by atoms with Crippen molar-refractivity contribution in [2.24, 2.45) is 5.92 Å². The van der Waals surface area contributed by atoms with Crippen molar-refractivity contribution in [1.82, 2.24) is 14.5 Å². The van der Waals surface area contributed by atoms with Gasteiger partial charge in [-0.15, -0.1) is 0 Å². The van der Waals surface area contributed by atoms with Crippen LogP contribution in [-0.2, 0) is 6.54 Å². The average molecular weight is 236 g/mol. The number of imidazole rings is 1. The van der Waals surface area contributed by atoms with E-state index in [0.717, 1.165) is 18.2 Å². The van der Waals surface area contributed by atoms with Crippen LogP contribution in [0.25, 0.3) is 0 Å². The van der Waals surface area contributed by atoms with Crippen LogP contribution in [0, 0.1) is 12.8 Å². The van der Waals surface area contributed by atoms with Crippen LogP contribution in [0.4, 0.5) is 5.95 Å². The molecular formula is C13H24N4. The third-order valence-corrected chi connectivity index (χ3v) is 3.66. The molecule has 0 spiro atoms. The molecule has 2 heterocycles. The Hall–Kier alpha value is -1.03. The fraction of sp³-hybridized carbons (Fsp3) is 0.769. The van der Waals surface area contributed by atoms with E-state index in [0.29, 0.717) is 12.0 Å². The van der Waals surface area contributed by atoms with Crippen molar-refractivity contribution in [1.29, 1.82) is 0 Å². The number of anilines is 1. The smallest absolute Gasteiger partial charge is 0.203 e. The molecule has 4 heteroatoms. The van der Waals surface area contributed by atoms with Crippen LogP contribution >= 0.6 is 0 Å². The number of hydrogen-bond acceptors (Lipinski definition) is 3. The molecule has 0 aromatic carbocycles. The first-order valence-electron chi connectivity index (χ1n) is 6.59. The van der Waals surface area contributed by atoms with Gasteiger partial charge in [-0.05, 0) is 39.8 Å². The Labute approximate surface area is 104 Å². The summed E-state index contributed by atoms with van der Waals surface area (Å²) in [5, 5.41) is 3.62. The van der Waals surface area contributed by atoms with Crippen molar-refractivity contribution in [2.75, 3.05) is 25.5 Å². The highest BCUT2D eigenvalue weighted by molar-refractivity contribution is 5.30. The first kappa shape index (κ1) is 12.4. The molecule has 0 amide bonds. The van der Waals surface area contributed by atoms with E-state index in [-0.39, 0.29) is 0 Å². The number of hydrogen-bond donors (Lipinski definition) is 1. The largest absolute Gasteiger partial charge is 0.353 e. The maximum absolute atomic E-state index is 4.57. The molecule has 1 aliphatic heterocycles. The molecule has 4 nitrogen and oxygen atoms in total. The van der Waals surface area contributed by atoms with E-state index in [1.807, 2.05) is 0 Å². The second-order valence-corrected chi connectivity index (χ2v) is 5.27. The topological polar surface area (TPSA) is 33.1 Å². The number of nitrogens with one attached hydrogen (secondary N) is 1. The molecule has 0 bridgehead atoms. The number of aryl methyl sites for hydroxylation is 2. The highest BCUT2D eigenvalue weighted by Gasteiger charge is 2.25. The summed E-state index contributed by atoms with van der Waals surface area (Å²) in [5.74, 6) is 1.71. The summed E-state index contributed by atoms with van der Waals surface area (Å²) in [7, 11) is 2.20. The van der Waals surface area contributed by atoms with Crippen molar-refractivity contribution >= 4 is 5.95 Å². The zero-order valence-corrected chi connectivity index (χ0v) is 11.4. The standard InChI is InChI=1S/C13H24N4/c1-5-17-9-11(3)14-13(17)15-12-6-7-16(4)8-10(12)2/h9-10,12H,5-8H2,1-4H3,(H,14,15). The van der Waals surface area contributed by atoms with Gasteiger partial charge in [0.25, 0.3) is 0 Å². The molecule has 2 atom stereocenters. The number of likely N-dealkylation sites (tertiary alicyclic amines) is 1. The molecule has 1 aromatic heterocycles. The summed E-state index contributed by atoms with van der Waals surface area (Å²) in [6.07, 6.45) is 3.31. The van der Waals surface area contributed by atoms with Crippen LogP contribution in [0.2, 0.25) is 0 Å². The van der Waals surface area contributed by atoms with Crippen molar-refractivity contribution in [3.05, 3.63) is 11.9 Å². The zero-order valence-electron chi connectivity index (χ0n) is 11.4. The Morgan fingerprint density at radius 1 is 1.53 bits per heavy atom. The van der Waals surface area contributed by atoms with Gasteiger partial charge in [0.1, 0.15) is 0 Å². The summed E-state index contributed by atoms with van der Waals surface area (Å²) in [5.41, 5.74) is 1.09. The molecule has 0 radical (unpaired) electrons. The fourth-order valence-electron chi connectivity index (χ4n) is 2.64. The molecule has 1 saturated heterocycles. The second-order valence-electron chi connectivity index (χ2n) is 5.27. The Kier molecular flexibility index (Phi) is 3.72. The van der Waals surface area contributed by atoms with Crippen LogP contribution < -0.4 is 5.32 Å². The van der Waals surface area contributed by atoms with Crippen molar-refractivity contribution in [3.63, 3.8) is 0 Å². The van der Waals surface area contributed by atoms with Crippen LogP contribution in [0.15, 0.2) is 6.20 Å². The molecule has 0 saturated carbocycles. The predicted octanol–water partition coefficient (Wildman–Crippen LogP) is 1.96. The van der Waals surface area contributed by atoms with Gasteiger partial charge in [0, 0.05) is 25.3 Å². The van der Waals surface area contributed by atoms with Gasteiger partial charge < -0.3 is 14.8 Å². The number of nitrogens with zero attached hydrogens (tertiary/aromatic N) is 3. The number of aromatic nitrogens is 2. The van der Waals surface area contributed by atoms with E-state index in [1.54, 1.807) is 0 Å². The van der Waals surface area contributed by atoms with Gasteiger partial charge in [-0.3, -0.25) is 0 Å². The van der Waals surface area contributed by atoms with E-state index < -0.39 is 0 Å². The predicted molar refractivity (Wildman–Crippen MR) is 71.3 cm³/mol. The molecule has 1 aromatic rings.